The van der Waals surface area contributed by atoms with Crippen LogP contribution in [0.25, 0.3) is 0 Å². The standard InChI is InChI=1S/C14H16N4O2/c1-15-13-7-6-12(17-18-13)14(19)16-11-5-3-4-10(8-11)9-20-2/h3-8H,9H2,1-2H3,(H,15,18)(H,16,19). The zero-order chi connectivity index (χ0) is 14.4. The molecule has 2 rings (SSSR count). The Labute approximate surface area is 117 Å². The average Bonchev–Trinajstić information content (AvgIpc) is 2.48. The highest BCUT2D eigenvalue weighted by atomic mass is 16.5. The molecule has 0 spiro atoms. The minimum Gasteiger partial charge on any atom is -0.380 e. The van der Waals surface area contributed by atoms with Crippen LogP contribution in [0.2, 0.25) is 0 Å². The molecule has 1 aromatic carbocycles. The molecule has 0 aliphatic heterocycles. The van der Waals surface area contributed by atoms with Gasteiger partial charge in [0.15, 0.2) is 5.69 Å². The Morgan fingerprint density at radius 2 is 2.10 bits per heavy atom. The number of ether oxygens (including phenoxy) is 1. The van der Waals surface area contributed by atoms with E-state index in [0.29, 0.717) is 18.1 Å². The summed E-state index contributed by atoms with van der Waals surface area (Å²) in [5.41, 5.74) is 1.95. The Bertz CT molecular complexity index is 584. The lowest BCUT2D eigenvalue weighted by molar-refractivity contribution is 0.102. The number of methoxy groups -OCH3 is 1. The maximum absolute atomic E-state index is 12.0. The lowest BCUT2D eigenvalue weighted by Gasteiger charge is -2.07. The van der Waals surface area contributed by atoms with Gasteiger partial charge in [-0.1, -0.05) is 12.1 Å². The number of rotatable bonds is 5. The van der Waals surface area contributed by atoms with Gasteiger partial charge < -0.3 is 15.4 Å². The second-order valence-corrected chi connectivity index (χ2v) is 4.14. The molecule has 1 heterocycles. The zero-order valence-electron chi connectivity index (χ0n) is 11.4. The lowest BCUT2D eigenvalue weighted by atomic mass is 10.2. The van der Waals surface area contributed by atoms with Crippen molar-refractivity contribution >= 4 is 17.4 Å². The monoisotopic (exact) mass is 272 g/mol. The number of hydrogen-bond acceptors (Lipinski definition) is 5. The van der Waals surface area contributed by atoms with Gasteiger partial charge in [0, 0.05) is 19.8 Å². The fraction of sp³-hybridized carbons (Fsp3) is 0.214. The summed E-state index contributed by atoms with van der Waals surface area (Å²) in [5, 5.41) is 13.3. The van der Waals surface area contributed by atoms with E-state index in [0.717, 1.165) is 5.56 Å². The van der Waals surface area contributed by atoms with Crippen LogP contribution in [0, 0.1) is 0 Å². The molecular weight excluding hydrogens is 256 g/mol. The number of amides is 1. The van der Waals surface area contributed by atoms with Crippen molar-refractivity contribution in [2.24, 2.45) is 0 Å². The number of carbonyl (C=O) groups is 1. The van der Waals surface area contributed by atoms with Crippen molar-refractivity contribution in [1.82, 2.24) is 10.2 Å². The van der Waals surface area contributed by atoms with E-state index in [2.05, 4.69) is 20.8 Å². The summed E-state index contributed by atoms with van der Waals surface area (Å²) in [6.45, 7) is 0.500. The van der Waals surface area contributed by atoms with Gasteiger partial charge in [-0.2, -0.15) is 0 Å². The number of carbonyl (C=O) groups excluding carboxylic acids is 1. The summed E-state index contributed by atoms with van der Waals surface area (Å²) in [4.78, 5) is 12.0. The summed E-state index contributed by atoms with van der Waals surface area (Å²) in [6.07, 6.45) is 0. The summed E-state index contributed by atoms with van der Waals surface area (Å²) >= 11 is 0. The van der Waals surface area contributed by atoms with Crippen molar-refractivity contribution in [3.63, 3.8) is 0 Å². The van der Waals surface area contributed by atoms with Crippen LogP contribution in [-0.2, 0) is 11.3 Å². The maximum atomic E-state index is 12.0. The van der Waals surface area contributed by atoms with Crippen LogP contribution >= 0.6 is 0 Å². The molecule has 2 aromatic rings. The van der Waals surface area contributed by atoms with Gasteiger partial charge in [-0.3, -0.25) is 4.79 Å². The van der Waals surface area contributed by atoms with Crippen LogP contribution in [-0.4, -0.2) is 30.3 Å². The Morgan fingerprint density at radius 3 is 2.75 bits per heavy atom. The molecule has 1 amide bonds. The molecule has 0 atom stereocenters. The lowest BCUT2D eigenvalue weighted by Crippen LogP contribution is -2.14. The van der Waals surface area contributed by atoms with Gasteiger partial charge >= 0.3 is 0 Å². The minimum absolute atomic E-state index is 0.265. The number of hydrogen-bond donors (Lipinski definition) is 2. The first-order valence-corrected chi connectivity index (χ1v) is 6.13. The van der Waals surface area contributed by atoms with Crippen LogP contribution < -0.4 is 10.6 Å². The quantitative estimate of drug-likeness (QED) is 0.869. The number of anilines is 2. The highest BCUT2D eigenvalue weighted by Gasteiger charge is 2.08. The first kappa shape index (κ1) is 14.0. The third-order valence-corrected chi connectivity index (χ3v) is 2.65. The average molecular weight is 272 g/mol. The van der Waals surface area contributed by atoms with Crippen LogP contribution in [0.3, 0.4) is 0 Å². The molecule has 6 heteroatoms. The van der Waals surface area contributed by atoms with Gasteiger partial charge in [-0.25, -0.2) is 0 Å². The van der Waals surface area contributed by atoms with Crippen molar-refractivity contribution < 1.29 is 9.53 Å². The molecule has 1 aromatic heterocycles. The van der Waals surface area contributed by atoms with Gasteiger partial charge in [0.05, 0.1) is 6.61 Å². The first-order chi connectivity index (χ1) is 9.72. The smallest absolute Gasteiger partial charge is 0.276 e. The van der Waals surface area contributed by atoms with Crippen molar-refractivity contribution in [2.45, 2.75) is 6.61 Å². The number of nitrogens with one attached hydrogen (secondary N) is 2. The van der Waals surface area contributed by atoms with E-state index in [9.17, 15) is 4.79 Å². The Kier molecular flexibility index (Phi) is 4.62. The molecule has 0 saturated heterocycles. The molecule has 6 nitrogen and oxygen atoms in total. The Balaban J connectivity index is 2.08. The fourth-order valence-electron chi connectivity index (χ4n) is 1.69. The van der Waals surface area contributed by atoms with Crippen LogP contribution in [0.4, 0.5) is 11.5 Å². The predicted molar refractivity (Wildman–Crippen MR) is 76.7 cm³/mol. The Morgan fingerprint density at radius 1 is 1.25 bits per heavy atom. The Hall–Kier alpha value is -2.47. The topological polar surface area (TPSA) is 76.1 Å². The minimum atomic E-state index is -0.297. The summed E-state index contributed by atoms with van der Waals surface area (Å²) < 4.78 is 5.06. The van der Waals surface area contributed by atoms with E-state index in [-0.39, 0.29) is 11.6 Å². The summed E-state index contributed by atoms with van der Waals surface area (Å²) in [5.74, 6) is 0.318. The number of nitrogens with zero attached hydrogens (tertiary/aromatic N) is 2. The molecule has 20 heavy (non-hydrogen) atoms. The third kappa shape index (κ3) is 3.52. The van der Waals surface area contributed by atoms with Gasteiger partial charge in [-0.05, 0) is 29.8 Å². The SMILES string of the molecule is CNc1ccc(C(=O)Nc2cccc(COC)c2)nn1. The molecule has 2 N–H and O–H groups in total. The van der Waals surface area contributed by atoms with E-state index < -0.39 is 0 Å². The van der Waals surface area contributed by atoms with Crippen LogP contribution in [0.5, 0.6) is 0 Å². The molecule has 0 fully saturated rings. The van der Waals surface area contributed by atoms with E-state index in [1.54, 1.807) is 26.3 Å². The van der Waals surface area contributed by atoms with Gasteiger partial charge in [0.1, 0.15) is 5.82 Å². The second-order valence-electron chi connectivity index (χ2n) is 4.14. The van der Waals surface area contributed by atoms with E-state index in [1.165, 1.54) is 0 Å². The van der Waals surface area contributed by atoms with E-state index in [4.69, 9.17) is 4.74 Å². The van der Waals surface area contributed by atoms with Crippen molar-refractivity contribution in [1.29, 1.82) is 0 Å². The van der Waals surface area contributed by atoms with E-state index >= 15 is 0 Å². The fourth-order valence-corrected chi connectivity index (χ4v) is 1.69. The van der Waals surface area contributed by atoms with Crippen molar-refractivity contribution in [3.05, 3.63) is 47.7 Å². The summed E-state index contributed by atoms with van der Waals surface area (Å²) in [6, 6.07) is 10.8. The normalized spacial score (nSPS) is 10.1. The summed E-state index contributed by atoms with van der Waals surface area (Å²) in [7, 11) is 3.37. The molecule has 104 valence electrons. The molecule has 0 aliphatic carbocycles. The van der Waals surface area contributed by atoms with E-state index in [1.807, 2.05) is 24.3 Å². The maximum Gasteiger partial charge on any atom is 0.276 e. The van der Waals surface area contributed by atoms with Gasteiger partial charge in [-0.15, -0.1) is 10.2 Å². The van der Waals surface area contributed by atoms with Gasteiger partial charge in [0.25, 0.3) is 5.91 Å². The van der Waals surface area contributed by atoms with Crippen LogP contribution in [0.15, 0.2) is 36.4 Å². The second kappa shape index (κ2) is 6.63. The highest BCUT2D eigenvalue weighted by molar-refractivity contribution is 6.02. The molecule has 0 saturated carbocycles. The molecule has 0 radical (unpaired) electrons. The third-order valence-electron chi connectivity index (χ3n) is 2.65. The first-order valence-electron chi connectivity index (χ1n) is 6.13. The largest absolute Gasteiger partial charge is 0.380 e. The molecule has 0 aliphatic rings. The number of benzene rings is 1. The van der Waals surface area contributed by atoms with Crippen molar-refractivity contribution in [3.8, 4) is 0 Å². The van der Waals surface area contributed by atoms with Gasteiger partial charge in [0.2, 0.25) is 0 Å². The van der Waals surface area contributed by atoms with Crippen LogP contribution in [0.1, 0.15) is 16.1 Å². The molecular formula is C14H16N4O2. The highest BCUT2D eigenvalue weighted by Crippen LogP contribution is 2.12. The molecule has 0 unspecified atom stereocenters. The zero-order valence-corrected chi connectivity index (χ0v) is 11.4. The van der Waals surface area contributed by atoms with Crippen molar-refractivity contribution in [2.75, 3.05) is 24.8 Å². The predicted octanol–water partition coefficient (Wildman–Crippen LogP) is 1.92. The molecule has 0 bridgehead atoms. The number of aromatic nitrogens is 2.